The molecule has 0 bridgehead atoms. The van der Waals surface area contributed by atoms with E-state index >= 15 is 0 Å². The molecule has 1 aliphatic rings. The summed E-state index contributed by atoms with van der Waals surface area (Å²) in [5.74, 6) is 0.972. The zero-order chi connectivity index (χ0) is 15.1. The topological polar surface area (TPSA) is 33.7 Å². The molecule has 0 aromatic heterocycles. The lowest BCUT2D eigenvalue weighted by atomic mass is 10.1. The van der Waals surface area contributed by atoms with Gasteiger partial charge >= 0.3 is 0 Å². The summed E-state index contributed by atoms with van der Waals surface area (Å²) < 4.78 is 11.5. The molecule has 2 atom stereocenters. The number of morpholine rings is 1. The fourth-order valence-corrected chi connectivity index (χ4v) is 2.73. The molecule has 21 heavy (non-hydrogen) atoms. The maximum absolute atomic E-state index is 5.84. The van der Waals surface area contributed by atoms with Crippen molar-refractivity contribution >= 4 is 0 Å². The third-order valence-corrected chi connectivity index (χ3v) is 4.01. The number of likely N-dealkylation sites (N-methyl/N-ethyl adjacent to an activating group) is 1. The Morgan fingerprint density at radius 2 is 2.19 bits per heavy atom. The van der Waals surface area contributed by atoms with Gasteiger partial charge < -0.3 is 14.8 Å². The summed E-state index contributed by atoms with van der Waals surface area (Å²) in [7, 11) is 0. The van der Waals surface area contributed by atoms with Crippen molar-refractivity contribution in [3.8, 4) is 5.75 Å². The zero-order valence-electron chi connectivity index (χ0n) is 13.5. The average Bonchev–Trinajstić information content (AvgIpc) is 2.53. The average molecular weight is 292 g/mol. The van der Waals surface area contributed by atoms with Crippen molar-refractivity contribution in [2.45, 2.75) is 32.9 Å². The van der Waals surface area contributed by atoms with E-state index in [1.54, 1.807) is 0 Å². The molecule has 2 rings (SSSR count). The number of nitrogens with zero attached hydrogens (tertiary/aromatic N) is 1. The summed E-state index contributed by atoms with van der Waals surface area (Å²) in [4.78, 5) is 2.44. The van der Waals surface area contributed by atoms with Gasteiger partial charge in [-0.05, 0) is 26.5 Å². The van der Waals surface area contributed by atoms with Gasteiger partial charge in [0.25, 0.3) is 0 Å². The molecule has 0 radical (unpaired) electrons. The first-order valence-electron chi connectivity index (χ1n) is 8.03. The largest absolute Gasteiger partial charge is 0.494 e. The standard InChI is InChI=1S/C17H28N2O2/c1-4-19-10-11-21-15(13-19)12-18-14(3)16-8-6-7-9-17(16)20-5-2/h6-9,14-15,18H,4-5,10-13H2,1-3H3. The minimum atomic E-state index is 0.258. The van der Waals surface area contributed by atoms with Crippen LogP contribution in [0, 0.1) is 0 Å². The molecule has 1 N–H and O–H groups in total. The molecular weight excluding hydrogens is 264 g/mol. The van der Waals surface area contributed by atoms with E-state index in [1.165, 1.54) is 5.56 Å². The van der Waals surface area contributed by atoms with E-state index in [0.717, 1.165) is 38.5 Å². The fraction of sp³-hybridized carbons (Fsp3) is 0.647. The van der Waals surface area contributed by atoms with Gasteiger partial charge in [0.1, 0.15) is 5.75 Å². The maximum Gasteiger partial charge on any atom is 0.124 e. The van der Waals surface area contributed by atoms with Crippen LogP contribution in [-0.4, -0.2) is 50.4 Å². The lowest BCUT2D eigenvalue weighted by Gasteiger charge is -2.33. The quantitative estimate of drug-likeness (QED) is 0.837. The Kier molecular flexibility index (Phi) is 6.49. The number of ether oxygens (including phenoxy) is 2. The number of nitrogens with one attached hydrogen (secondary N) is 1. The molecule has 1 fully saturated rings. The van der Waals surface area contributed by atoms with E-state index in [-0.39, 0.29) is 12.1 Å². The van der Waals surface area contributed by atoms with Crippen LogP contribution in [0.2, 0.25) is 0 Å². The summed E-state index contributed by atoms with van der Waals surface area (Å²) in [5.41, 5.74) is 1.21. The van der Waals surface area contributed by atoms with E-state index in [0.29, 0.717) is 6.61 Å². The molecule has 1 aromatic rings. The van der Waals surface area contributed by atoms with Gasteiger partial charge in [-0.15, -0.1) is 0 Å². The lowest BCUT2D eigenvalue weighted by molar-refractivity contribution is -0.0262. The lowest BCUT2D eigenvalue weighted by Crippen LogP contribution is -2.46. The summed E-state index contributed by atoms with van der Waals surface area (Å²) in [5, 5.41) is 3.58. The molecule has 1 aliphatic heterocycles. The second kappa shape index (κ2) is 8.37. The van der Waals surface area contributed by atoms with Gasteiger partial charge in [0.2, 0.25) is 0 Å². The highest BCUT2D eigenvalue weighted by atomic mass is 16.5. The van der Waals surface area contributed by atoms with Gasteiger partial charge in [-0.3, -0.25) is 4.90 Å². The van der Waals surface area contributed by atoms with Crippen LogP contribution >= 0.6 is 0 Å². The Morgan fingerprint density at radius 3 is 2.95 bits per heavy atom. The van der Waals surface area contributed by atoms with Crippen LogP contribution in [0.3, 0.4) is 0 Å². The van der Waals surface area contributed by atoms with Gasteiger partial charge in [-0.1, -0.05) is 25.1 Å². The molecule has 4 nitrogen and oxygen atoms in total. The van der Waals surface area contributed by atoms with Crippen LogP contribution in [0.15, 0.2) is 24.3 Å². The summed E-state index contributed by atoms with van der Waals surface area (Å²) in [6.07, 6.45) is 0.278. The van der Waals surface area contributed by atoms with Crippen LogP contribution in [0.4, 0.5) is 0 Å². The van der Waals surface area contributed by atoms with Crippen LogP contribution in [0.1, 0.15) is 32.4 Å². The van der Waals surface area contributed by atoms with Gasteiger partial charge in [0, 0.05) is 31.2 Å². The van der Waals surface area contributed by atoms with E-state index in [1.807, 2.05) is 19.1 Å². The van der Waals surface area contributed by atoms with Crippen molar-refractivity contribution in [2.75, 3.05) is 39.4 Å². The second-order valence-corrected chi connectivity index (χ2v) is 5.49. The fourth-order valence-electron chi connectivity index (χ4n) is 2.73. The molecule has 0 aliphatic carbocycles. The predicted molar refractivity (Wildman–Crippen MR) is 85.9 cm³/mol. The first-order valence-corrected chi connectivity index (χ1v) is 8.03. The number of hydrogen-bond acceptors (Lipinski definition) is 4. The van der Waals surface area contributed by atoms with E-state index in [4.69, 9.17) is 9.47 Å². The van der Waals surface area contributed by atoms with Crippen LogP contribution in [-0.2, 0) is 4.74 Å². The highest BCUT2D eigenvalue weighted by molar-refractivity contribution is 5.35. The second-order valence-electron chi connectivity index (χ2n) is 5.49. The molecule has 1 saturated heterocycles. The molecule has 1 aromatic carbocycles. The smallest absolute Gasteiger partial charge is 0.124 e. The SMILES string of the molecule is CCOc1ccccc1C(C)NCC1CN(CC)CCO1. The molecule has 2 unspecified atom stereocenters. The van der Waals surface area contributed by atoms with Crippen molar-refractivity contribution in [3.05, 3.63) is 29.8 Å². The molecule has 1 heterocycles. The minimum Gasteiger partial charge on any atom is -0.494 e. The molecular formula is C17H28N2O2. The molecule has 4 heteroatoms. The Hall–Kier alpha value is -1.10. The van der Waals surface area contributed by atoms with Crippen molar-refractivity contribution in [3.63, 3.8) is 0 Å². The third-order valence-electron chi connectivity index (χ3n) is 4.01. The molecule has 0 saturated carbocycles. The first-order chi connectivity index (χ1) is 10.2. The van der Waals surface area contributed by atoms with Crippen LogP contribution in [0.25, 0.3) is 0 Å². The van der Waals surface area contributed by atoms with Crippen LogP contribution in [0.5, 0.6) is 5.75 Å². The number of rotatable bonds is 7. The summed E-state index contributed by atoms with van der Waals surface area (Å²) in [6, 6.07) is 8.50. The van der Waals surface area contributed by atoms with E-state index in [9.17, 15) is 0 Å². The number of para-hydroxylation sites is 1. The number of hydrogen-bond donors (Lipinski definition) is 1. The summed E-state index contributed by atoms with van der Waals surface area (Å²) in [6.45, 7) is 12.0. The molecule has 118 valence electrons. The monoisotopic (exact) mass is 292 g/mol. The minimum absolute atomic E-state index is 0.258. The first kappa shape index (κ1) is 16.3. The zero-order valence-corrected chi connectivity index (χ0v) is 13.5. The van der Waals surface area contributed by atoms with Gasteiger partial charge in [-0.2, -0.15) is 0 Å². The van der Waals surface area contributed by atoms with Crippen molar-refractivity contribution in [2.24, 2.45) is 0 Å². The Bertz CT molecular complexity index is 425. The number of benzene rings is 1. The van der Waals surface area contributed by atoms with E-state index in [2.05, 4.69) is 36.2 Å². The molecule has 0 spiro atoms. The highest BCUT2D eigenvalue weighted by Gasteiger charge is 2.20. The third kappa shape index (κ3) is 4.70. The van der Waals surface area contributed by atoms with Crippen molar-refractivity contribution in [1.82, 2.24) is 10.2 Å². The Labute approximate surface area is 128 Å². The van der Waals surface area contributed by atoms with Gasteiger partial charge in [0.15, 0.2) is 0 Å². The van der Waals surface area contributed by atoms with Gasteiger partial charge in [-0.25, -0.2) is 0 Å². The Morgan fingerprint density at radius 1 is 1.38 bits per heavy atom. The normalized spacial score (nSPS) is 21.2. The predicted octanol–water partition coefficient (Wildman–Crippen LogP) is 2.46. The maximum atomic E-state index is 5.84. The van der Waals surface area contributed by atoms with Crippen molar-refractivity contribution in [1.29, 1.82) is 0 Å². The van der Waals surface area contributed by atoms with Crippen LogP contribution < -0.4 is 10.1 Å². The molecule has 0 amide bonds. The summed E-state index contributed by atoms with van der Waals surface area (Å²) >= 11 is 0. The van der Waals surface area contributed by atoms with E-state index < -0.39 is 0 Å². The van der Waals surface area contributed by atoms with Gasteiger partial charge in [0.05, 0.1) is 19.3 Å². The Balaban J connectivity index is 1.88. The van der Waals surface area contributed by atoms with Crippen molar-refractivity contribution < 1.29 is 9.47 Å². The highest BCUT2D eigenvalue weighted by Crippen LogP contribution is 2.24.